The Kier molecular flexibility index (Phi) is 17.1. The van der Waals surface area contributed by atoms with Crippen LogP contribution in [0.1, 0.15) is 71.6 Å². The molecule has 7 aromatic rings. The number of carbonyl (C=O) groups is 10. The molecule has 2 N–H and O–H groups in total. The number of imide groups is 2. The maximum atomic E-state index is 13.8. The molecule has 4 aliphatic carbocycles. The molecule has 7 aromatic carbocycles. The van der Waals surface area contributed by atoms with Crippen molar-refractivity contribution in [3.05, 3.63) is 210 Å². The van der Waals surface area contributed by atoms with Crippen LogP contribution < -0.4 is 34.6 Å². The quantitative estimate of drug-likeness (QED) is 0.0300. The minimum atomic E-state index is -6.32. The topological polar surface area (TPSA) is 247 Å². The lowest BCUT2D eigenvalue weighted by Gasteiger charge is -2.32. The van der Waals surface area contributed by atoms with Gasteiger partial charge in [0.1, 0.15) is 17.2 Å². The van der Waals surface area contributed by atoms with E-state index in [-0.39, 0.29) is 92.8 Å². The van der Waals surface area contributed by atoms with Gasteiger partial charge in [0, 0.05) is 22.5 Å². The lowest BCUT2D eigenvalue weighted by atomic mass is 9.85. The van der Waals surface area contributed by atoms with Crippen molar-refractivity contribution in [1.29, 1.82) is 0 Å². The Hall–Kier alpha value is -11.2. The van der Waals surface area contributed by atoms with Crippen molar-refractivity contribution in [3.63, 3.8) is 0 Å². The summed E-state index contributed by atoms with van der Waals surface area (Å²) in [5.74, 6) is -8.06. The average molecular weight is 1340 g/mol. The summed E-state index contributed by atoms with van der Waals surface area (Å²) < 4.78 is 128. The van der Waals surface area contributed by atoms with Gasteiger partial charge in [0.05, 0.1) is 58.8 Å². The van der Waals surface area contributed by atoms with E-state index in [1.54, 1.807) is 72.8 Å². The molecule has 2 aliphatic heterocycles. The van der Waals surface area contributed by atoms with Crippen LogP contribution >= 0.6 is 0 Å². The van der Waals surface area contributed by atoms with Crippen LogP contribution in [0, 0.1) is 47.3 Å². The van der Waals surface area contributed by atoms with Crippen molar-refractivity contribution < 1.29 is 107 Å². The number of nitrogens with zero attached hydrogens (tertiary/aromatic N) is 2. The Morgan fingerprint density at radius 2 is 0.825 bits per heavy atom. The van der Waals surface area contributed by atoms with Gasteiger partial charge in [-0.2, -0.15) is 30.7 Å². The minimum Gasteiger partial charge on any atom is -0.465 e. The van der Waals surface area contributed by atoms with Crippen LogP contribution in [0.2, 0.25) is 0 Å². The lowest BCUT2D eigenvalue weighted by Crippen LogP contribution is -2.58. The Balaban J connectivity index is 0.000000189. The van der Waals surface area contributed by atoms with E-state index in [1.165, 1.54) is 72.7 Å². The Bertz CT molecular complexity index is 4420. The van der Waals surface area contributed by atoms with Crippen LogP contribution in [0.5, 0.6) is 17.2 Å². The Labute approximate surface area is 543 Å². The number of alkyl halides is 8. The van der Waals surface area contributed by atoms with Crippen molar-refractivity contribution in [2.45, 2.75) is 43.8 Å². The molecule has 19 nitrogen and oxygen atoms in total. The van der Waals surface area contributed by atoms with Crippen LogP contribution in [-0.4, -0.2) is 90.5 Å². The van der Waals surface area contributed by atoms with Crippen LogP contribution in [0.25, 0.3) is 10.8 Å². The number of carbonyl (C=O) groups excluding carboxylic acids is 10. The molecule has 9 atom stereocenters. The second kappa shape index (κ2) is 25.2. The predicted molar refractivity (Wildman–Crippen MR) is 326 cm³/mol. The monoisotopic (exact) mass is 1340 g/mol. The smallest absolute Gasteiger partial charge is 0.461 e. The van der Waals surface area contributed by atoms with Gasteiger partial charge in [-0.25, -0.2) is 28.3 Å². The first-order chi connectivity index (χ1) is 46.0. The first-order valence-electron chi connectivity index (χ1n) is 29.8. The number of allylic oxidation sites excluding steroid dienone is 4. The molecule has 0 radical (unpaired) electrons. The zero-order valence-electron chi connectivity index (χ0n) is 50.4. The van der Waals surface area contributed by atoms with Crippen LogP contribution in [0.15, 0.2) is 182 Å². The van der Waals surface area contributed by atoms with Crippen molar-refractivity contribution in [2.75, 3.05) is 27.5 Å². The summed E-state index contributed by atoms with van der Waals surface area (Å²) in [4.78, 5) is 130. The molecule has 9 unspecified atom stereocenters. The highest BCUT2D eigenvalue weighted by molar-refractivity contribution is 6.24. The molecular formula is C70H50F8N4O15. The first kappa shape index (κ1) is 65.8. The molecule has 2 saturated carbocycles. The largest absolute Gasteiger partial charge is 0.465 e. The number of esters is 4. The summed E-state index contributed by atoms with van der Waals surface area (Å²) in [7, 11) is 1.31. The normalized spacial score (nSPS) is 21.8. The molecule has 0 spiro atoms. The second-order valence-corrected chi connectivity index (χ2v) is 23.7. The maximum Gasteiger partial charge on any atom is 0.461 e. The number of rotatable bonds is 16. The molecule has 496 valence electrons. The summed E-state index contributed by atoms with van der Waals surface area (Å²) >= 11 is 0. The number of ether oxygens (including phenoxy) is 5. The number of halogens is 8. The van der Waals surface area contributed by atoms with Crippen molar-refractivity contribution in [1.82, 2.24) is 0 Å². The number of methoxy groups -OCH3 is 1. The number of fused-ring (bicyclic) bond motifs is 11. The van der Waals surface area contributed by atoms with E-state index < -0.39 is 84.3 Å². The van der Waals surface area contributed by atoms with E-state index in [9.17, 15) is 83.1 Å². The molecule has 0 aromatic heterocycles. The fraction of sp³-hybridized carbons (Fsp3) is 0.229. The van der Waals surface area contributed by atoms with Gasteiger partial charge in [-0.05, 0) is 194 Å². The van der Waals surface area contributed by atoms with Gasteiger partial charge in [-0.1, -0.05) is 42.5 Å². The van der Waals surface area contributed by atoms with Gasteiger partial charge in [0.2, 0.25) is 23.6 Å². The number of amides is 6. The number of benzene rings is 7. The highest BCUT2D eigenvalue weighted by atomic mass is 19.4. The molecule has 27 heteroatoms. The predicted octanol–water partition coefficient (Wildman–Crippen LogP) is 12.3. The van der Waals surface area contributed by atoms with Gasteiger partial charge in [-0.15, -0.1) is 0 Å². The van der Waals surface area contributed by atoms with E-state index in [0.717, 1.165) is 52.8 Å². The molecule has 2 saturated heterocycles. The number of hydrogen-bond donors (Lipinski definition) is 2. The van der Waals surface area contributed by atoms with Gasteiger partial charge in [-0.3, -0.25) is 38.6 Å². The number of nitrogens with one attached hydrogen (secondary N) is 2. The fourth-order valence-corrected chi connectivity index (χ4v) is 12.7. The van der Waals surface area contributed by atoms with Crippen LogP contribution in [-0.2, 0) is 33.4 Å². The molecule has 6 amide bonds. The molecule has 4 bridgehead atoms. The zero-order chi connectivity index (χ0) is 69.2. The Morgan fingerprint density at radius 1 is 0.433 bits per heavy atom. The first-order valence-corrected chi connectivity index (χ1v) is 29.8. The molecule has 6 aliphatic rings. The van der Waals surface area contributed by atoms with E-state index in [1.807, 2.05) is 24.3 Å². The molecule has 13 rings (SSSR count). The van der Waals surface area contributed by atoms with Crippen LogP contribution in [0.3, 0.4) is 0 Å². The van der Waals surface area contributed by atoms with Crippen LogP contribution in [0.4, 0.5) is 57.9 Å². The zero-order valence-corrected chi connectivity index (χ0v) is 50.4. The summed E-state index contributed by atoms with van der Waals surface area (Å²) in [5, 5.41) is 6.72. The summed E-state index contributed by atoms with van der Waals surface area (Å²) in [5.41, 5.74) is -3.26. The SMILES string of the molecule is CC(F)(C(F)(F)F)C(F)(F)OC(F)(F)C(=O)Oc1ccc(NC(=O)c2ccc(N3C(=O)C4C5C=CC(C5)C4C3=O)cc2)cc1.COC(=O)c1ccc2cc(OC(=O)c3cccc(C(=O)Nc4ccc(OC(=O)c5ccc(N6C(=O)C7C8C=CC(C8)C7C6=O)cc5)cc4)c3)ccc2c1. The standard InChI is InChI=1S/C42H30N2O9.C28H20F8N2O6/c1-51-40(48)30-8-5-25-22-34(16-11-24(25)19-30)53-42(50)29-4-2-3-28(21-29)37(45)43-31-12-17-33(18-13-31)52-41(49)23-9-14-32(15-10-23)44-38(46)35-26-6-7-27(20-26)36(35)39(44)47;1-25(29,27(32,33)34)28(35,36)44-26(30,31)24(42)43-18-10-6-16(7-11-18)37-21(39)13-4-8-17(9-5-13)38-22(40)19-14-2-3-15(12-14)20(19)23(38)41/h2-19,21-22,26-27,35-36H,20H2,1H3,(H,43,45);2-11,14-15,19-20H,12H2,1H3,(H,37,39). The lowest BCUT2D eigenvalue weighted by molar-refractivity contribution is -0.431. The van der Waals surface area contributed by atoms with Gasteiger partial charge < -0.3 is 29.6 Å². The van der Waals surface area contributed by atoms with Gasteiger partial charge in [0.25, 0.3) is 17.5 Å². The highest BCUT2D eigenvalue weighted by Crippen LogP contribution is 2.55. The molecular weight excluding hydrogens is 1290 g/mol. The molecule has 2 heterocycles. The van der Waals surface area contributed by atoms with Gasteiger partial charge >= 0.3 is 42.3 Å². The third-order valence-corrected chi connectivity index (χ3v) is 17.7. The third-order valence-electron chi connectivity index (χ3n) is 17.7. The van der Waals surface area contributed by atoms with E-state index >= 15 is 0 Å². The summed E-state index contributed by atoms with van der Waals surface area (Å²) in [6.45, 7) is -0.740. The van der Waals surface area contributed by atoms with Crippen molar-refractivity contribution in [2.24, 2.45) is 47.3 Å². The maximum absolute atomic E-state index is 13.8. The molecule has 4 fully saturated rings. The second-order valence-electron chi connectivity index (χ2n) is 23.7. The minimum absolute atomic E-state index is 0.0250. The van der Waals surface area contributed by atoms with E-state index in [0.29, 0.717) is 28.4 Å². The number of anilines is 4. The highest BCUT2D eigenvalue weighted by Gasteiger charge is 2.73. The summed E-state index contributed by atoms with van der Waals surface area (Å²) in [6, 6.07) is 37.9. The van der Waals surface area contributed by atoms with Crippen molar-refractivity contribution in [3.8, 4) is 17.2 Å². The third kappa shape index (κ3) is 12.6. The van der Waals surface area contributed by atoms with Crippen molar-refractivity contribution >= 4 is 92.8 Å². The average Bonchev–Trinajstić information content (AvgIpc) is 1.56. The van der Waals surface area contributed by atoms with Gasteiger partial charge in [0.15, 0.2) is 0 Å². The molecule has 97 heavy (non-hydrogen) atoms. The fourth-order valence-electron chi connectivity index (χ4n) is 12.7. The van der Waals surface area contributed by atoms with E-state index in [4.69, 9.17) is 14.2 Å². The van der Waals surface area contributed by atoms with E-state index in [2.05, 4.69) is 20.1 Å². The summed E-state index contributed by atoms with van der Waals surface area (Å²) in [6.07, 6.45) is -8.56. The number of hydrogen-bond acceptors (Lipinski definition) is 15. The Morgan fingerprint density at radius 3 is 1.31 bits per heavy atom.